The topological polar surface area (TPSA) is 68.9 Å². The second kappa shape index (κ2) is 4.35. The number of nitrogens with zero attached hydrogens (tertiary/aromatic N) is 2. The summed E-state index contributed by atoms with van der Waals surface area (Å²) in [6.45, 7) is 1.85. The monoisotopic (exact) mass is 177 g/mol. The van der Waals surface area contributed by atoms with Crippen LogP contribution in [0.1, 0.15) is 17.7 Å². The van der Waals surface area contributed by atoms with Crippen molar-refractivity contribution in [2.24, 2.45) is 0 Å². The van der Waals surface area contributed by atoms with Crippen LogP contribution in [0, 0.1) is 6.92 Å². The summed E-state index contributed by atoms with van der Waals surface area (Å²) in [5, 5.41) is 0. The highest BCUT2D eigenvalue weighted by Gasteiger charge is 1.96. The first-order chi connectivity index (χ1) is 6.24. The second-order valence-corrected chi connectivity index (χ2v) is 2.57. The summed E-state index contributed by atoms with van der Waals surface area (Å²) in [6.07, 6.45) is 6.45. The fourth-order valence-corrected chi connectivity index (χ4v) is 0.909. The number of aromatic nitrogens is 2. The number of allylic oxidation sites excluding steroid dienone is 1. The summed E-state index contributed by atoms with van der Waals surface area (Å²) in [4.78, 5) is 17.9. The molecular formula is C9H11N3O. The Bertz CT molecular complexity index is 334. The van der Waals surface area contributed by atoms with Gasteiger partial charge in [-0.15, -0.1) is 0 Å². The number of nitrogens with two attached hydrogens (primary N) is 1. The number of hydrogen-bond donors (Lipinski definition) is 1. The molecule has 68 valence electrons. The highest BCUT2D eigenvalue weighted by Crippen LogP contribution is 2.06. The van der Waals surface area contributed by atoms with Crippen LogP contribution in [0.2, 0.25) is 0 Å². The lowest BCUT2D eigenvalue weighted by molar-refractivity contribution is -0.107. The van der Waals surface area contributed by atoms with Crippen molar-refractivity contribution in [3.63, 3.8) is 0 Å². The molecule has 0 bridgehead atoms. The molecule has 0 aliphatic carbocycles. The third-order valence-electron chi connectivity index (χ3n) is 1.57. The fraction of sp³-hybridized carbons (Fsp3) is 0.222. The maximum Gasteiger partial charge on any atom is 0.220 e. The van der Waals surface area contributed by atoms with Crippen molar-refractivity contribution in [3.05, 3.63) is 23.5 Å². The van der Waals surface area contributed by atoms with Crippen molar-refractivity contribution in [1.29, 1.82) is 0 Å². The van der Waals surface area contributed by atoms with Gasteiger partial charge in [0.2, 0.25) is 5.95 Å². The summed E-state index contributed by atoms with van der Waals surface area (Å²) in [5.74, 6) is 0.269. The molecule has 4 nitrogen and oxygen atoms in total. The standard InChI is InChI=1S/C9H11N3O/c1-7-8(4-2-3-5-13)6-11-9(10)12-7/h2,4-6H,3H2,1H3,(H2,10,11,12). The summed E-state index contributed by atoms with van der Waals surface area (Å²) in [7, 11) is 0. The van der Waals surface area contributed by atoms with Gasteiger partial charge in [0.1, 0.15) is 6.29 Å². The number of carbonyl (C=O) groups excluding carboxylic acids is 1. The first-order valence-electron chi connectivity index (χ1n) is 3.93. The molecule has 0 radical (unpaired) electrons. The van der Waals surface area contributed by atoms with Crippen LogP contribution in [-0.4, -0.2) is 16.3 Å². The highest BCUT2D eigenvalue weighted by atomic mass is 16.1. The van der Waals surface area contributed by atoms with Crippen LogP contribution in [-0.2, 0) is 4.79 Å². The smallest absolute Gasteiger partial charge is 0.220 e. The van der Waals surface area contributed by atoms with E-state index in [0.29, 0.717) is 6.42 Å². The molecule has 0 amide bonds. The molecule has 0 aliphatic rings. The van der Waals surface area contributed by atoms with Crippen molar-refractivity contribution in [2.45, 2.75) is 13.3 Å². The van der Waals surface area contributed by atoms with Crippen LogP contribution in [0.3, 0.4) is 0 Å². The lowest BCUT2D eigenvalue weighted by atomic mass is 10.2. The van der Waals surface area contributed by atoms with E-state index in [1.807, 2.05) is 13.0 Å². The van der Waals surface area contributed by atoms with E-state index in [1.165, 1.54) is 0 Å². The van der Waals surface area contributed by atoms with Crippen LogP contribution >= 0.6 is 0 Å². The minimum absolute atomic E-state index is 0.269. The molecule has 2 N–H and O–H groups in total. The number of aldehydes is 1. The Morgan fingerprint density at radius 2 is 2.38 bits per heavy atom. The lowest BCUT2D eigenvalue weighted by Gasteiger charge is -1.98. The Morgan fingerprint density at radius 1 is 1.62 bits per heavy atom. The Kier molecular flexibility index (Phi) is 3.14. The van der Waals surface area contributed by atoms with Gasteiger partial charge in [-0.25, -0.2) is 9.97 Å². The molecule has 0 aliphatic heterocycles. The zero-order valence-corrected chi connectivity index (χ0v) is 7.40. The van der Waals surface area contributed by atoms with Gasteiger partial charge < -0.3 is 10.5 Å². The fourth-order valence-electron chi connectivity index (χ4n) is 0.909. The van der Waals surface area contributed by atoms with Crippen LogP contribution in [0.5, 0.6) is 0 Å². The van der Waals surface area contributed by atoms with Gasteiger partial charge in [-0.3, -0.25) is 0 Å². The average molecular weight is 177 g/mol. The van der Waals surface area contributed by atoms with Gasteiger partial charge in [0.25, 0.3) is 0 Å². The van der Waals surface area contributed by atoms with Crippen molar-refractivity contribution >= 4 is 18.3 Å². The molecule has 4 heteroatoms. The zero-order valence-electron chi connectivity index (χ0n) is 7.40. The van der Waals surface area contributed by atoms with Crippen LogP contribution in [0.15, 0.2) is 12.3 Å². The quantitative estimate of drug-likeness (QED) is 0.698. The average Bonchev–Trinajstić information content (AvgIpc) is 2.09. The molecule has 0 atom stereocenters. The number of aryl methyl sites for hydroxylation is 1. The Balaban J connectivity index is 2.83. The predicted octanol–water partition coefficient (Wildman–Crippen LogP) is 0.969. The Labute approximate surface area is 76.5 Å². The molecule has 1 heterocycles. The minimum Gasteiger partial charge on any atom is -0.368 e. The van der Waals surface area contributed by atoms with E-state index in [2.05, 4.69) is 9.97 Å². The summed E-state index contributed by atoms with van der Waals surface area (Å²) >= 11 is 0. The van der Waals surface area contributed by atoms with E-state index in [9.17, 15) is 4.79 Å². The van der Waals surface area contributed by atoms with E-state index in [1.54, 1.807) is 12.3 Å². The number of rotatable bonds is 3. The molecule has 0 aromatic carbocycles. The maximum absolute atomic E-state index is 10.0. The first kappa shape index (κ1) is 9.38. The molecule has 0 saturated carbocycles. The van der Waals surface area contributed by atoms with Gasteiger partial charge in [-0.2, -0.15) is 0 Å². The molecular weight excluding hydrogens is 166 g/mol. The second-order valence-electron chi connectivity index (χ2n) is 2.57. The maximum atomic E-state index is 10.0. The summed E-state index contributed by atoms with van der Waals surface area (Å²) in [5.41, 5.74) is 7.08. The molecule has 0 fully saturated rings. The Morgan fingerprint density at radius 3 is 3.00 bits per heavy atom. The number of nitrogen functional groups attached to an aromatic ring is 1. The zero-order chi connectivity index (χ0) is 9.68. The van der Waals surface area contributed by atoms with E-state index in [4.69, 9.17) is 5.73 Å². The molecule has 1 aromatic heterocycles. The SMILES string of the molecule is Cc1nc(N)ncc1C=CCC=O. The first-order valence-corrected chi connectivity index (χ1v) is 3.93. The third-order valence-corrected chi connectivity index (χ3v) is 1.57. The van der Waals surface area contributed by atoms with Gasteiger partial charge in [-0.05, 0) is 6.92 Å². The molecule has 1 rings (SSSR count). The number of anilines is 1. The highest BCUT2D eigenvalue weighted by molar-refractivity contribution is 5.58. The largest absolute Gasteiger partial charge is 0.368 e. The summed E-state index contributed by atoms with van der Waals surface area (Å²) in [6, 6.07) is 0. The van der Waals surface area contributed by atoms with E-state index < -0.39 is 0 Å². The number of carbonyl (C=O) groups is 1. The summed E-state index contributed by atoms with van der Waals surface area (Å²) < 4.78 is 0. The molecule has 0 spiro atoms. The van der Waals surface area contributed by atoms with E-state index >= 15 is 0 Å². The third kappa shape index (κ3) is 2.66. The van der Waals surface area contributed by atoms with Crippen LogP contribution in [0.25, 0.3) is 6.08 Å². The van der Waals surface area contributed by atoms with Gasteiger partial charge in [-0.1, -0.05) is 12.2 Å². The van der Waals surface area contributed by atoms with Crippen LogP contribution < -0.4 is 5.73 Å². The minimum atomic E-state index is 0.269. The van der Waals surface area contributed by atoms with E-state index in [0.717, 1.165) is 17.5 Å². The van der Waals surface area contributed by atoms with Gasteiger partial charge in [0, 0.05) is 18.2 Å². The van der Waals surface area contributed by atoms with Crippen LogP contribution in [0.4, 0.5) is 5.95 Å². The van der Waals surface area contributed by atoms with Gasteiger partial charge in [0.05, 0.1) is 5.69 Å². The molecule has 13 heavy (non-hydrogen) atoms. The number of hydrogen-bond acceptors (Lipinski definition) is 4. The predicted molar refractivity (Wildman–Crippen MR) is 50.9 cm³/mol. The molecule has 1 aromatic rings. The van der Waals surface area contributed by atoms with Crippen molar-refractivity contribution in [3.8, 4) is 0 Å². The normalized spacial score (nSPS) is 10.5. The van der Waals surface area contributed by atoms with Gasteiger partial charge >= 0.3 is 0 Å². The Hall–Kier alpha value is -1.71. The van der Waals surface area contributed by atoms with Crippen molar-refractivity contribution in [2.75, 3.05) is 5.73 Å². The van der Waals surface area contributed by atoms with Gasteiger partial charge in [0.15, 0.2) is 0 Å². The van der Waals surface area contributed by atoms with Crippen molar-refractivity contribution < 1.29 is 4.79 Å². The molecule has 0 unspecified atom stereocenters. The van der Waals surface area contributed by atoms with Crippen molar-refractivity contribution in [1.82, 2.24) is 9.97 Å². The lowest BCUT2D eigenvalue weighted by Crippen LogP contribution is -1.97. The van der Waals surface area contributed by atoms with E-state index in [-0.39, 0.29) is 5.95 Å². The molecule has 0 saturated heterocycles.